The average Bonchev–Trinajstić information content (AvgIpc) is 3.37. The first-order chi connectivity index (χ1) is 17.5. The number of halogens is 3. The molecule has 2 spiro atoms. The van der Waals surface area contributed by atoms with Gasteiger partial charge in [-0.05, 0) is 38.2 Å². The number of rotatable bonds is 2. The van der Waals surface area contributed by atoms with E-state index in [1.165, 1.54) is 0 Å². The van der Waals surface area contributed by atoms with Crippen LogP contribution in [0.3, 0.4) is 0 Å². The van der Waals surface area contributed by atoms with Gasteiger partial charge >= 0.3 is 12.1 Å². The molecule has 5 heterocycles. The maximum absolute atomic E-state index is 13.4. The average molecular weight is 528 g/mol. The molecule has 1 aromatic heterocycles. The summed E-state index contributed by atoms with van der Waals surface area (Å²) in [5.41, 5.74) is -0.519. The topological polar surface area (TPSA) is 116 Å². The van der Waals surface area contributed by atoms with Gasteiger partial charge in [-0.3, -0.25) is 9.59 Å². The molecule has 1 aromatic rings. The number of hydrogen-bond acceptors (Lipinski definition) is 7. The van der Waals surface area contributed by atoms with Crippen LogP contribution in [-0.2, 0) is 19.1 Å². The van der Waals surface area contributed by atoms with E-state index < -0.39 is 17.6 Å². The van der Waals surface area contributed by atoms with Crippen LogP contribution in [0.5, 0.6) is 0 Å². The van der Waals surface area contributed by atoms with Crippen LogP contribution >= 0.6 is 0 Å². The molecule has 13 heteroatoms. The van der Waals surface area contributed by atoms with Crippen molar-refractivity contribution in [2.75, 3.05) is 57.9 Å². The summed E-state index contributed by atoms with van der Waals surface area (Å²) in [5, 5.41) is 7.12. The molecule has 1 N–H and O–H groups in total. The van der Waals surface area contributed by atoms with Crippen molar-refractivity contribution >= 4 is 23.7 Å². The van der Waals surface area contributed by atoms with Crippen molar-refractivity contribution in [2.24, 2.45) is 16.7 Å². The second kappa shape index (κ2) is 10.4. The molecule has 204 valence electrons. The van der Waals surface area contributed by atoms with Gasteiger partial charge in [-0.15, -0.1) is 0 Å². The first-order valence-electron chi connectivity index (χ1n) is 12.4. The van der Waals surface area contributed by atoms with Gasteiger partial charge in [0.25, 0.3) is 0 Å². The highest BCUT2D eigenvalue weighted by Crippen LogP contribution is 2.58. The third-order valence-corrected chi connectivity index (χ3v) is 8.28. The van der Waals surface area contributed by atoms with Crippen molar-refractivity contribution in [1.29, 1.82) is 0 Å². The molecule has 2 amide bonds. The van der Waals surface area contributed by atoms with E-state index >= 15 is 0 Å². The van der Waals surface area contributed by atoms with E-state index in [2.05, 4.69) is 14.9 Å². The van der Waals surface area contributed by atoms with Crippen molar-refractivity contribution in [3.63, 3.8) is 0 Å². The third-order valence-electron chi connectivity index (χ3n) is 8.28. The van der Waals surface area contributed by atoms with E-state index in [1.54, 1.807) is 12.4 Å². The highest BCUT2D eigenvalue weighted by atomic mass is 19.4. The van der Waals surface area contributed by atoms with E-state index in [0.717, 1.165) is 58.3 Å². The number of likely N-dealkylation sites (tertiary alicyclic amines) is 2. The van der Waals surface area contributed by atoms with Gasteiger partial charge in [0.05, 0.1) is 5.41 Å². The number of piperidine rings is 1. The molecule has 0 aromatic carbocycles. The summed E-state index contributed by atoms with van der Waals surface area (Å²) >= 11 is 0. The summed E-state index contributed by atoms with van der Waals surface area (Å²) < 4.78 is 37.2. The van der Waals surface area contributed by atoms with Crippen molar-refractivity contribution < 1.29 is 37.4 Å². The van der Waals surface area contributed by atoms with Gasteiger partial charge in [0.2, 0.25) is 17.8 Å². The minimum absolute atomic E-state index is 0.0961. The van der Waals surface area contributed by atoms with E-state index in [4.69, 9.17) is 14.6 Å². The highest BCUT2D eigenvalue weighted by molar-refractivity contribution is 5.87. The van der Waals surface area contributed by atoms with Crippen LogP contribution in [0.25, 0.3) is 0 Å². The van der Waals surface area contributed by atoms with Gasteiger partial charge in [0.1, 0.15) is 0 Å². The van der Waals surface area contributed by atoms with Gasteiger partial charge < -0.3 is 24.5 Å². The molecular formula is C24H32F3N5O5. The van der Waals surface area contributed by atoms with Crippen LogP contribution in [-0.4, -0.2) is 102 Å². The Kier molecular flexibility index (Phi) is 7.63. The molecule has 4 fully saturated rings. The zero-order valence-corrected chi connectivity index (χ0v) is 20.7. The number of carboxylic acids is 1. The van der Waals surface area contributed by atoms with Crippen LogP contribution in [0.1, 0.15) is 32.1 Å². The zero-order valence-electron chi connectivity index (χ0n) is 20.7. The van der Waals surface area contributed by atoms with Crippen LogP contribution in [0, 0.1) is 16.7 Å². The Morgan fingerprint density at radius 3 is 2.16 bits per heavy atom. The zero-order chi connectivity index (χ0) is 26.8. The third kappa shape index (κ3) is 5.23. The number of ether oxygens (including phenoxy) is 1. The number of carbonyl (C=O) groups excluding carboxylic acids is 2. The molecular weight excluding hydrogens is 495 g/mol. The number of carbonyl (C=O) groups is 3. The largest absolute Gasteiger partial charge is 0.490 e. The van der Waals surface area contributed by atoms with Crippen LogP contribution in [0.2, 0.25) is 0 Å². The Hall–Kier alpha value is -2.96. The van der Waals surface area contributed by atoms with Crippen molar-refractivity contribution in [3.8, 4) is 0 Å². The SMILES string of the molecule is CN1CCC2(CN(c3ncccn3)CC23CCN(C(=O)C2CCOCC2)CC3)C1=O.O=C(O)C(F)(F)F. The van der Waals surface area contributed by atoms with Gasteiger partial charge in [-0.1, -0.05) is 0 Å². The number of fused-ring (bicyclic) bond motifs is 1. The van der Waals surface area contributed by atoms with Gasteiger partial charge in [0, 0.05) is 76.7 Å². The Bertz CT molecular complexity index is 996. The fraction of sp³-hybridized carbons (Fsp3) is 0.708. The lowest BCUT2D eigenvalue weighted by Gasteiger charge is -2.47. The predicted octanol–water partition coefficient (Wildman–Crippen LogP) is 1.81. The van der Waals surface area contributed by atoms with E-state index in [0.29, 0.717) is 25.7 Å². The van der Waals surface area contributed by atoms with Crippen molar-refractivity contribution in [1.82, 2.24) is 19.8 Å². The minimum Gasteiger partial charge on any atom is -0.475 e. The number of anilines is 1. The number of alkyl halides is 3. The number of aromatic nitrogens is 2. The van der Waals surface area contributed by atoms with Crippen LogP contribution in [0.4, 0.5) is 19.1 Å². The molecule has 1 unspecified atom stereocenters. The van der Waals surface area contributed by atoms with Gasteiger partial charge in [0.15, 0.2) is 0 Å². The number of amides is 2. The van der Waals surface area contributed by atoms with Crippen molar-refractivity contribution in [2.45, 2.75) is 38.3 Å². The smallest absolute Gasteiger partial charge is 0.475 e. The standard InChI is InChI=1S/C22H31N5O3.C2HF3O2/c1-25-10-7-22(19(25)29)16-27(20-23-8-2-9-24-20)15-21(22)5-11-26(12-6-21)18(28)17-3-13-30-14-4-17;3-2(4,5)1(6)7/h2,8-9,17H,3-7,10-16H2,1H3;(H,6,7). The fourth-order valence-corrected chi connectivity index (χ4v) is 6.23. The van der Waals surface area contributed by atoms with E-state index in [9.17, 15) is 22.8 Å². The molecule has 37 heavy (non-hydrogen) atoms. The monoisotopic (exact) mass is 527 g/mol. The molecule has 0 saturated carbocycles. The first kappa shape index (κ1) is 27.1. The number of hydrogen-bond donors (Lipinski definition) is 1. The lowest BCUT2D eigenvalue weighted by molar-refractivity contribution is -0.192. The summed E-state index contributed by atoms with van der Waals surface area (Å²) in [4.78, 5) is 50.4. The molecule has 1 atom stereocenters. The summed E-state index contributed by atoms with van der Waals surface area (Å²) in [7, 11) is 1.91. The molecule has 4 aliphatic heterocycles. The number of nitrogens with zero attached hydrogens (tertiary/aromatic N) is 5. The number of aliphatic carboxylic acids is 1. The molecule has 4 aliphatic rings. The Morgan fingerprint density at radius 1 is 1.05 bits per heavy atom. The normalized spacial score (nSPS) is 25.9. The van der Waals surface area contributed by atoms with Crippen LogP contribution in [0.15, 0.2) is 18.5 Å². The van der Waals surface area contributed by atoms with Crippen molar-refractivity contribution in [3.05, 3.63) is 18.5 Å². The lowest BCUT2D eigenvalue weighted by atomic mass is 9.60. The summed E-state index contributed by atoms with van der Waals surface area (Å²) in [6, 6.07) is 1.82. The molecule has 0 bridgehead atoms. The van der Waals surface area contributed by atoms with E-state index in [-0.39, 0.29) is 23.1 Å². The highest BCUT2D eigenvalue weighted by Gasteiger charge is 2.65. The molecule has 10 nitrogen and oxygen atoms in total. The maximum atomic E-state index is 13.4. The Balaban J connectivity index is 0.000000405. The Labute approximate surface area is 212 Å². The fourth-order valence-electron chi connectivity index (χ4n) is 6.23. The summed E-state index contributed by atoms with van der Waals surface area (Å²) in [5.74, 6) is -1.42. The molecule has 4 saturated heterocycles. The Morgan fingerprint density at radius 2 is 1.65 bits per heavy atom. The second-order valence-electron chi connectivity index (χ2n) is 10.3. The van der Waals surface area contributed by atoms with E-state index in [1.807, 2.05) is 22.9 Å². The summed E-state index contributed by atoms with van der Waals surface area (Å²) in [6.07, 6.45) is 2.70. The molecule has 0 radical (unpaired) electrons. The molecule has 0 aliphatic carbocycles. The number of carboxylic acid groups (broad SMARTS) is 1. The minimum atomic E-state index is -5.08. The van der Waals surface area contributed by atoms with Crippen LogP contribution < -0.4 is 4.90 Å². The lowest BCUT2D eigenvalue weighted by Crippen LogP contribution is -2.54. The first-order valence-corrected chi connectivity index (χ1v) is 12.4. The summed E-state index contributed by atoms with van der Waals surface area (Å²) in [6.45, 7) is 5.10. The quantitative estimate of drug-likeness (QED) is 0.619. The maximum Gasteiger partial charge on any atom is 0.490 e. The molecule has 5 rings (SSSR count). The predicted molar refractivity (Wildman–Crippen MR) is 124 cm³/mol. The van der Waals surface area contributed by atoms with Gasteiger partial charge in [-0.25, -0.2) is 14.8 Å². The van der Waals surface area contributed by atoms with Gasteiger partial charge in [-0.2, -0.15) is 13.2 Å². The second-order valence-corrected chi connectivity index (χ2v) is 10.3.